The summed E-state index contributed by atoms with van der Waals surface area (Å²) >= 11 is 0. The van der Waals surface area contributed by atoms with Crippen molar-refractivity contribution in [3.63, 3.8) is 0 Å². The predicted molar refractivity (Wildman–Crippen MR) is 70.9 cm³/mol. The van der Waals surface area contributed by atoms with Gasteiger partial charge in [0.2, 0.25) is 0 Å². The summed E-state index contributed by atoms with van der Waals surface area (Å²) in [5, 5.41) is 0. The van der Waals surface area contributed by atoms with E-state index in [-0.39, 0.29) is 18.0 Å². The van der Waals surface area contributed by atoms with E-state index in [9.17, 15) is 4.79 Å². The highest BCUT2D eigenvalue weighted by Crippen LogP contribution is 2.30. The molecule has 0 radical (unpaired) electrons. The molecule has 0 aromatic rings. The smallest absolute Gasteiger partial charge is 0.259 e. The first-order valence-electron chi connectivity index (χ1n) is 6.74. The molecular formula is C14H23NO4. The molecule has 2 heterocycles. The predicted octanol–water partition coefficient (Wildman–Crippen LogP) is 0.984. The van der Waals surface area contributed by atoms with Crippen molar-refractivity contribution >= 4 is 5.91 Å². The second-order valence-electron chi connectivity index (χ2n) is 5.33. The molecule has 3 atom stereocenters. The third kappa shape index (κ3) is 2.83. The van der Waals surface area contributed by atoms with Gasteiger partial charge in [-0.05, 0) is 25.8 Å². The summed E-state index contributed by atoms with van der Waals surface area (Å²) in [4.78, 5) is 14.7. The van der Waals surface area contributed by atoms with Crippen molar-refractivity contribution in [1.29, 1.82) is 0 Å². The van der Waals surface area contributed by atoms with Crippen LogP contribution in [-0.4, -0.2) is 62.5 Å². The van der Waals surface area contributed by atoms with Crippen molar-refractivity contribution in [1.82, 2.24) is 4.90 Å². The number of rotatable bonds is 5. The Balaban J connectivity index is 2.15. The molecule has 1 unspecified atom stereocenters. The van der Waals surface area contributed by atoms with E-state index >= 15 is 0 Å². The Labute approximate surface area is 114 Å². The zero-order valence-corrected chi connectivity index (χ0v) is 11.9. The molecule has 1 saturated heterocycles. The molecule has 1 amide bonds. The van der Waals surface area contributed by atoms with Crippen LogP contribution in [0.15, 0.2) is 12.2 Å². The first kappa shape index (κ1) is 14.5. The minimum absolute atomic E-state index is 0.0165. The third-order valence-electron chi connectivity index (χ3n) is 3.91. The average Bonchev–Trinajstić information content (AvgIpc) is 2.98. The van der Waals surface area contributed by atoms with Gasteiger partial charge in [0.05, 0.1) is 31.9 Å². The molecule has 108 valence electrons. The standard InChI is InChI=1S/C14H23NO4/c1-14(7-4-8-19-14)13(16)15-11(9-17-2)5-6-12(15)10-18-3/h4,7,11-12H,5-6,8-10H2,1-3H3/t11-,12-,14?/m0/s1. The maximum atomic E-state index is 12.8. The largest absolute Gasteiger partial charge is 0.383 e. The van der Waals surface area contributed by atoms with Crippen LogP contribution in [0.4, 0.5) is 0 Å². The van der Waals surface area contributed by atoms with Gasteiger partial charge in [0.1, 0.15) is 0 Å². The average molecular weight is 269 g/mol. The number of hydrogen-bond acceptors (Lipinski definition) is 4. The first-order chi connectivity index (χ1) is 9.12. The van der Waals surface area contributed by atoms with Gasteiger partial charge in [0.15, 0.2) is 5.60 Å². The second-order valence-corrected chi connectivity index (χ2v) is 5.33. The van der Waals surface area contributed by atoms with Crippen LogP contribution < -0.4 is 0 Å². The zero-order valence-electron chi connectivity index (χ0n) is 11.9. The van der Waals surface area contributed by atoms with Crippen molar-refractivity contribution in [3.8, 4) is 0 Å². The number of amides is 1. The van der Waals surface area contributed by atoms with Crippen LogP contribution in [-0.2, 0) is 19.0 Å². The Hall–Kier alpha value is -0.910. The van der Waals surface area contributed by atoms with Crippen LogP contribution in [0.5, 0.6) is 0 Å². The third-order valence-corrected chi connectivity index (χ3v) is 3.91. The lowest BCUT2D eigenvalue weighted by Crippen LogP contribution is -2.53. The van der Waals surface area contributed by atoms with Crippen molar-refractivity contribution in [2.24, 2.45) is 0 Å². The Morgan fingerprint density at radius 1 is 1.32 bits per heavy atom. The van der Waals surface area contributed by atoms with Gasteiger partial charge in [-0.25, -0.2) is 0 Å². The molecule has 0 spiro atoms. The van der Waals surface area contributed by atoms with E-state index in [0.29, 0.717) is 19.8 Å². The van der Waals surface area contributed by atoms with E-state index in [1.807, 2.05) is 24.0 Å². The molecule has 2 aliphatic rings. The molecule has 5 heteroatoms. The van der Waals surface area contributed by atoms with E-state index < -0.39 is 5.60 Å². The van der Waals surface area contributed by atoms with Gasteiger partial charge in [-0.2, -0.15) is 0 Å². The van der Waals surface area contributed by atoms with Crippen LogP contribution in [0.2, 0.25) is 0 Å². The van der Waals surface area contributed by atoms with Crippen LogP contribution in [0.3, 0.4) is 0 Å². The van der Waals surface area contributed by atoms with Crippen LogP contribution in [0.25, 0.3) is 0 Å². The normalized spacial score (nSPS) is 34.2. The Morgan fingerprint density at radius 2 is 1.89 bits per heavy atom. The highest BCUT2D eigenvalue weighted by Gasteiger charge is 2.45. The SMILES string of the molecule is COC[C@@H]1CC[C@@H](COC)N1C(=O)C1(C)C=CCO1. The molecule has 5 nitrogen and oxygen atoms in total. The van der Waals surface area contributed by atoms with E-state index in [1.54, 1.807) is 14.2 Å². The lowest BCUT2D eigenvalue weighted by Gasteiger charge is -2.35. The van der Waals surface area contributed by atoms with E-state index in [1.165, 1.54) is 0 Å². The summed E-state index contributed by atoms with van der Waals surface area (Å²) in [6.07, 6.45) is 5.65. The quantitative estimate of drug-likeness (QED) is 0.698. The zero-order chi connectivity index (χ0) is 13.9. The van der Waals surface area contributed by atoms with Gasteiger partial charge >= 0.3 is 0 Å². The number of methoxy groups -OCH3 is 2. The minimum atomic E-state index is -0.831. The van der Waals surface area contributed by atoms with Gasteiger partial charge < -0.3 is 19.1 Å². The van der Waals surface area contributed by atoms with Gasteiger partial charge in [-0.15, -0.1) is 0 Å². The summed E-state index contributed by atoms with van der Waals surface area (Å²) in [6, 6.07) is 0.235. The fourth-order valence-corrected chi connectivity index (χ4v) is 2.94. The molecule has 0 aromatic heterocycles. The lowest BCUT2D eigenvalue weighted by atomic mass is 10.0. The monoisotopic (exact) mass is 269 g/mol. The van der Waals surface area contributed by atoms with Crippen LogP contribution in [0, 0.1) is 0 Å². The van der Waals surface area contributed by atoms with Gasteiger partial charge in [0, 0.05) is 14.2 Å². The van der Waals surface area contributed by atoms with Crippen molar-refractivity contribution in [2.75, 3.05) is 34.0 Å². The van der Waals surface area contributed by atoms with E-state index in [4.69, 9.17) is 14.2 Å². The molecule has 2 aliphatic heterocycles. The van der Waals surface area contributed by atoms with Gasteiger partial charge in [0.25, 0.3) is 5.91 Å². The summed E-state index contributed by atoms with van der Waals surface area (Å²) in [7, 11) is 3.33. The van der Waals surface area contributed by atoms with Crippen LogP contribution >= 0.6 is 0 Å². The van der Waals surface area contributed by atoms with Crippen molar-refractivity contribution in [3.05, 3.63) is 12.2 Å². The highest BCUT2D eigenvalue weighted by molar-refractivity contribution is 5.88. The van der Waals surface area contributed by atoms with Crippen LogP contribution in [0.1, 0.15) is 19.8 Å². The van der Waals surface area contributed by atoms with Crippen molar-refractivity contribution < 1.29 is 19.0 Å². The number of hydrogen-bond donors (Lipinski definition) is 0. The van der Waals surface area contributed by atoms with Gasteiger partial charge in [-0.3, -0.25) is 4.79 Å². The topological polar surface area (TPSA) is 48.0 Å². The summed E-state index contributed by atoms with van der Waals surface area (Å²) < 4.78 is 16.1. The second kappa shape index (κ2) is 6.03. The molecule has 0 saturated carbocycles. The number of nitrogens with zero attached hydrogens (tertiary/aromatic N) is 1. The Bertz CT molecular complexity index is 343. The molecule has 0 bridgehead atoms. The Morgan fingerprint density at radius 3 is 2.32 bits per heavy atom. The maximum absolute atomic E-state index is 12.8. The lowest BCUT2D eigenvalue weighted by molar-refractivity contribution is -0.153. The first-order valence-corrected chi connectivity index (χ1v) is 6.74. The molecule has 2 rings (SSSR count). The number of carbonyl (C=O) groups excluding carboxylic acids is 1. The number of ether oxygens (including phenoxy) is 3. The van der Waals surface area contributed by atoms with Crippen molar-refractivity contribution in [2.45, 2.75) is 37.5 Å². The van der Waals surface area contributed by atoms with E-state index in [0.717, 1.165) is 12.8 Å². The molecule has 0 aromatic carbocycles. The molecule has 0 aliphatic carbocycles. The molecule has 19 heavy (non-hydrogen) atoms. The maximum Gasteiger partial charge on any atom is 0.259 e. The number of likely N-dealkylation sites (tertiary alicyclic amines) is 1. The summed E-state index contributed by atoms with van der Waals surface area (Å²) in [5.41, 5.74) is -0.831. The molecule has 0 N–H and O–H groups in total. The fraction of sp³-hybridized carbons (Fsp3) is 0.786. The minimum Gasteiger partial charge on any atom is -0.383 e. The molecule has 1 fully saturated rings. The highest BCUT2D eigenvalue weighted by atomic mass is 16.5. The fourth-order valence-electron chi connectivity index (χ4n) is 2.94. The molecular weight excluding hydrogens is 246 g/mol. The summed E-state index contributed by atoms with van der Waals surface area (Å²) in [5.74, 6) is 0.0165. The summed E-state index contributed by atoms with van der Waals surface area (Å²) in [6.45, 7) is 3.45. The van der Waals surface area contributed by atoms with Gasteiger partial charge in [-0.1, -0.05) is 6.08 Å². The number of carbonyl (C=O) groups is 1. The Kier molecular flexibility index (Phi) is 4.60. The van der Waals surface area contributed by atoms with E-state index in [2.05, 4.69) is 0 Å².